The number of benzene rings is 1. The molecule has 0 aliphatic carbocycles. The van der Waals surface area contributed by atoms with Gasteiger partial charge in [0, 0.05) is 19.1 Å². The second-order valence-corrected chi connectivity index (χ2v) is 4.69. The summed E-state index contributed by atoms with van der Waals surface area (Å²) in [6, 6.07) is 5.40. The second-order valence-electron chi connectivity index (χ2n) is 4.69. The average Bonchev–Trinajstić information content (AvgIpc) is 2.38. The molecule has 1 rings (SSSR count). The molecule has 0 radical (unpaired) electrons. The minimum absolute atomic E-state index is 0.0692. The molecule has 0 aromatic heterocycles. The maximum atomic E-state index is 9.28. The van der Waals surface area contributed by atoms with E-state index in [1.165, 1.54) is 0 Å². The zero-order valence-corrected chi connectivity index (χ0v) is 11.5. The summed E-state index contributed by atoms with van der Waals surface area (Å²) >= 11 is 0. The topological polar surface area (TPSA) is 47.9 Å². The van der Waals surface area contributed by atoms with Crippen LogP contribution in [-0.2, 0) is 11.3 Å². The van der Waals surface area contributed by atoms with Crippen molar-refractivity contribution in [3.8, 4) is 11.5 Å². The summed E-state index contributed by atoms with van der Waals surface area (Å²) in [7, 11) is 3.28. The second kappa shape index (κ2) is 6.61. The first kappa shape index (κ1) is 14.8. The summed E-state index contributed by atoms with van der Waals surface area (Å²) in [6.45, 7) is 4.50. The Labute approximate surface area is 108 Å². The zero-order chi connectivity index (χ0) is 13.6. The number of aliphatic hydroxyl groups excluding tert-OH is 1. The molecule has 0 saturated heterocycles. The summed E-state index contributed by atoms with van der Waals surface area (Å²) in [5, 5.41) is 9.28. The van der Waals surface area contributed by atoms with E-state index in [1.807, 2.05) is 26.0 Å². The van der Waals surface area contributed by atoms with E-state index in [2.05, 4.69) is 0 Å². The van der Waals surface area contributed by atoms with Crippen molar-refractivity contribution in [3.05, 3.63) is 23.8 Å². The molecule has 102 valence electrons. The molecule has 0 heterocycles. The third kappa shape index (κ3) is 4.20. The van der Waals surface area contributed by atoms with Crippen LogP contribution in [0.15, 0.2) is 18.2 Å². The van der Waals surface area contributed by atoms with Crippen LogP contribution in [0.4, 0.5) is 0 Å². The van der Waals surface area contributed by atoms with E-state index in [9.17, 15) is 5.11 Å². The zero-order valence-electron chi connectivity index (χ0n) is 11.5. The lowest BCUT2D eigenvalue weighted by Crippen LogP contribution is -2.25. The third-order valence-corrected chi connectivity index (χ3v) is 2.95. The van der Waals surface area contributed by atoms with Gasteiger partial charge in [-0.15, -0.1) is 0 Å². The van der Waals surface area contributed by atoms with E-state index in [0.29, 0.717) is 18.1 Å². The fourth-order valence-corrected chi connectivity index (χ4v) is 1.46. The van der Waals surface area contributed by atoms with E-state index in [0.717, 1.165) is 12.0 Å². The van der Waals surface area contributed by atoms with Gasteiger partial charge in [0.1, 0.15) is 11.5 Å². The van der Waals surface area contributed by atoms with Crippen LogP contribution in [0, 0.1) is 0 Å². The molecule has 4 heteroatoms. The summed E-state index contributed by atoms with van der Waals surface area (Å²) in [5.41, 5.74) is 0.524. The monoisotopic (exact) mass is 254 g/mol. The molecule has 18 heavy (non-hydrogen) atoms. The van der Waals surface area contributed by atoms with Gasteiger partial charge < -0.3 is 19.3 Å². The van der Waals surface area contributed by atoms with Gasteiger partial charge in [0.15, 0.2) is 0 Å². The van der Waals surface area contributed by atoms with Gasteiger partial charge in [-0.1, -0.05) is 0 Å². The van der Waals surface area contributed by atoms with Crippen LogP contribution in [-0.4, -0.2) is 31.5 Å². The van der Waals surface area contributed by atoms with Crippen LogP contribution < -0.4 is 9.47 Å². The number of ether oxygens (including phenoxy) is 3. The normalized spacial score (nSPS) is 11.4. The maximum Gasteiger partial charge on any atom is 0.125 e. The quantitative estimate of drug-likeness (QED) is 0.811. The molecule has 1 aromatic rings. The standard InChI is InChI=1S/C14H22O4/c1-14(2,17-4)7-8-18-13-6-5-12(16-3)9-11(13)10-15/h5-6,9,15H,7-8,10H2,1-4H3. The third-order valence-electron chi connectivity index (χ3n) is 2.95. The van der Waals surface area contributed by atoms with Crippen molar-refractivity contribution in [2.24, 2.45) is 0 Å². The van der Waals surface area contributed by atoms with Crippen LogP contribution >= 0.6 is 0 Å². The van der Waals surface area contributed by atoms with Crippen molar-refractivity contribution in [3.63, 3.8) is 0 Å². The van der Waals surface area contributed by atoms with Crippen LogP contribution in [0.3, 0.4) is 0 Å². The Balaban J connectivity index is 2.62. The lowest BCUT2D eigenvalue weighted by atomic mass is 10.1. The van der Waals surface area contributed by atoms with E-state index in [-0.39, 0.29) is 12.2 Å². The average molecular weight is 254 g/mol. The molecule has 0 aliphatic rings. The first-order valence-electron chi connectivity index (χ1n) is 5.98. The molecule has 0 atom stereocenters. The molecule has 0 saturated carbocycles. The van der Waals surface area contributed by atoms with Gasteiger partial charge in [-0.05, 0) is 32.0 Å². The van der Waals surface area contributed by atoms with Crippen molar-refractivity contribution < 1.29 is 19.3 Å². The lowest BCUT2D eigenvalue weighted by Gasteiger charge is -2.23. The smallest absolute Gasteiger partial charge is 0.125 e. The molecule has 0 aliphatic heterocycles. The SMILES string of the molecule is COc1ccc(OCCC(C)(C)OC)c(CO)c1. The van der Waals surface area contributed by atoms with E-state index < -0.39 is 0 Å². The molecule has 0 amide bonds. The minimum Gasteiger partial charge on any atom is -0.497 e. The van der Waals surface area contributed by atoms with Gasteiger partial charge in [0.2, 0.25) is 0 Å². The molecule has 1 N–H and O–H groups in total. The van der Waals surface area contributed by atoms with E-state index in [1.54, 1.807) is 20.3 Å². The Bertz CT molecular complexity index is 374. The maximum absolute atomic E-state index is 9.28. The first-order chi connectivity index (χ1) is 8.52. The lowest BCUT2D eigenvalue weighted by molar-refractivity contribution is 0.00530. The number of hydrogen-bond donors (Lipinski definition) is 1. The van der Waals surface area contributed by atoms with Crippen LogP contribution in [0.1, 0.15) is 25.8 Å². The van der Waals surface area contributed by atoms with Gasteiger partial charge >= 0.3 is 0 Å². The highest BCUT2D eigenvalue weighted by atomic mass is 16.5. The highest BCUT2D eigenvalue weighted by Crippen LogP contribution is 2.25. The number of hydrogen-bond acceptors (Lipinski definition) is 4. The van der Waals surface area contributed by atoms with E-state index >= 15 is 0 Å². The molecule has 0 fully saturated rings. The first-order valence-corrected chi connectivity index (χ1v) is 5.98. The summed E-state index contributed by atoms with van der Waals surface area (Å²) in [5.74, 6) is 1.40. The van der Waals surface area contributed by atoms with Gasteiger partial charge in [-0.2, -0.15) is 0 Å². The Morgan fingerprint density at radius 1 is 1.22 bits per heavy atom. The van der Waals surface area contributed by atoms with Crippen LogP contribution in [0.5, 0.6) is 11.5 Å². The van der Waals surface area contributed by atoms with Crippen molar-refractivity contribution in [2.45, 2.75) is 32.5 Å². The Morgan fingerprint density at radius 3 is 2.50 bits per heavy atom. The summed E-state index contributed by atoms with van der Waals surface area (Å²) in [6.07, 6.45) is 0.778. The fraction of sp³-hybridized carbons (Fsp3) is 0.571. The van der Waals surface area contributed by atoms with E-state index in [4.69, 9.17) is 14.2 Å². The minimum atomic E-state index is -0.203. The molecule has 0 spiro atoms. The van der Waals surface area contributed by atoms with Gasteiger partial charge in [0.25, 0.3) is 0 Å². The molecule has 0 bridgehead atoms. The van der Waals surface area contributed by atoms with Crippen molar-refractivity contribution in [2.75, 3.05) is 20.8 Å². The number of rotatable bonds is 7. The largest absolute Gasteiger partial charge is 0.497 e. The van der Waals surface area contributed by atoms with Crippen molar-refractivity contribution in [1.29, 1.82) is 0 Å². The number of methoxy groups -OCH3 is 2. The van der Waals surface area contributed by atoms with Gasteiger partial charge in [-0.3, -0.25) is 0 Å². The Kier molecular flexibility index (Phi) is 5.44. The number of aliphatic hydroxyl groups is 1. The van der Waals surface area contributed by atoms with Gasteiger partial charge in [-0.25, -0.2) is 0 Å². The molecular formula is C14H22O4. The summed E-state index contributed by atoms with van der Waals surface area (Å²) < 4.78 is 16.1. The van der Waals surface area contributed by atoms with Crippen molar-refractivity contribution in [1.82, 2.24) is 0 Å². The highest BCUT2D eigenvalue weighted by molar-refractivity contribution is 5.39. The van der Waals surface area contributed by atoms with Crippen LogP contribution in [0.2, 0.25) is 0 Å². The molecule has 1 aromatic carbocycles. The summed E-state index contributed by atoms with van der Waals surface area (Å²) in [4.78, 5) is 0. The molecule has 4 nitrogen and oxygen atoms in total. The fourth-order valence-electron chi connectivity index (χ4n) is 1.46. The highest BCUT2D eigenvalue weighted by Gasteiger charge is 2.16. The van der Waals surface area contributed by atoms with Crippen LogP contribution in [0.25, 0.3) is 0 Å². The molecule has 0 unspecified atom stereocenters. The molecular weight excluding hydrogens is 232 g/mol. The predicted octanol–water partition coefficient (Wildman–Crippen LogP) is 2.38. The Hall–Kier alpha value is -1.26. The Morgan fingerprint density at radius 2 is 1.94 bits per heavy atom. The van der Waals surface area contributed by atoms with Crippen molar-refractivity contribution >= 4 is 0 Å². The predicted molar refractivity (Wildman–Crippen MR) is 70.1 cm³/mol. The van der Waals surface area contributed by atoms with Gasteiger partial charge in [0.05, 0.1) is 25.9 Å².